The monoisotopic (exact) mass is 388 g/mol. The highest BCUT2D eigenvalue weighted by Crippen LogP contribution is 2.31. The molecule has 1 saturated heterocycles. The number of hydrogen-bond donors (Lipinski definition) is 1. The summed E-state index contributed by atoms with van der Waals surface area (Å²) in [6, 6.07) is 6.36. The van der Waals surface area contributed by atoms with Gasteiger partial charge in [-0.05, 0) is 64.4 Å². The lowest BCUT2D eigenvalue weighted by atomic mass is 10.0. The van der Waals surface area contributed by atoms with E-state index in [4.69, 9.17) is 9.47 Å². The zero-order valence-electron chi connectivity index (χ0n) is 16.6. The second kappa shape index (κ2) is 9.64. The molecule has 0 radical (unpaired) electrons. The molecular formula is C20H31F3N2O2. The van der Waals surface area contributed by atoms with E-state index in [-0.39, 0.29) is 18.7 Å². The number of halogens is 3. The Hall–Kier alpha value is -1.47. The quantitative estimate of drug-likeness (QED) is 0.708. The van der Waals surface area contributed by atoms with Gasteiger partial charge >= 0.3 is 6.18 Å². The van der Waals surface area contributed by atoms with Crippen LogP contribution < -0.4 is 14.8 Å². The molecule has 0 saturated carbocycles. The topological polar surface area (TPSA) is 33.7 Å². The lowest BCUT2D eigenvalue weighted by Crippen LogP contribution is -2.44. The highest BCUT2D eigenvalue weighted by atomic mass is 19.4. The van der Waals surface area contributed by atoms with E-state index in [0.29, 0.717) is 24.9 Å². The minimum Gasteiger partial charge on any atom is -0.493 e. The molecular weight excluding hydrogens is 357 g/mol. The van der Waals surface area contributed by atoms with Crippen LogP contribution in [0.15, 0.2) is 18.2 Å². The van der Waals surface area contributed by atoms with E-state index in [0.717, 1.165) is 24.2 Å². The molecule has 2 rings (SSSR count). The molecule has 1 aliphatic rings. The molecule has 1 unspecified atom stereocenters. The number of nitrogens with zero attached hydrogens (tertiary/aromatic N) is 1. The van der Waals surface area contributed by atoms with E-state index >= 15 is 0 Å². The van der Waals surface area contributed by atoms with Crippen LogP contribution in [0.1, 0.15) is 51.6 Å². The Kier molecular flexibility index (Phi) is 7.79. The van der Waals surface area contributed by atoms with Gasteiger partial charge in [-0.3, -0.25) is 0 Å². The van der Waals surface area contributed by atoms with Gasteiger partial charge in [0, 0.05) is 18.6 Å². The fourth-order valence-electron chi connectivity index (χ4n) is 3.36. The molecule has 0 bridgehead atoms. The highest BCUT2D eigenvalue weighted by Gasteiger charge is 2.29. The Morgan fingerprint density at radius 1 is 1.15 bits per heavy atom. The molecule has 1 heterocycles. The highest BCUT2D eigenvalue weighted by molar-refractivity contribution is 5.43. The van der Waals surface area contributed by atoms with Crippen molar-refractivity contribution in [1.29, 1.82) is 0 Å². The van der Waals surface area contributed by atoms with Crippen molar-refractivity contribution in [3.63, 3.8) is 0 Å². The third kappa shape index (κ3) is 7.22. The molecule has 0 aliphatic carbocycles. The van der Waals surface area contributed by atoms with Crippen molar-refractivity contribution in [2.45, 2.75) is 64.4 Å². The zero-order valence-corrected chi connectivity index (χ0v) is 16.6. The normalized spacial score (nSPS) is 17.9. The van der Waals surface area contributed by atoms with Crippen molar-refractivity contribution in [2.75, 3.05) is 26.7 Å². The van der Waals surface area contributed by atoms with Gasteiger partial charge in [0.2, 0.25) is 0 Å². The first kappa shape index (κ1) is 21.8. The molecule has 1 fully saturated rings. The number of ether oxygens (including phenoxy) is 2. The summed E-state index contributed by atoms with van der Waals surface area (Å²) < 4.78 is 48.2. The fourth-order valence-corrected chi connectivity index (χ4v) is 3.36. The lowest BCUT2D eigenvalue weighted by molar-refractivity contribution is -0.138. The van der Waals surface area contributed by atoms with E-state index in [1.54, 1.807) is 7.11 Å². The first-order chi connectivity index (χ1) is 12.7. The number of likely N-dealkylation sites (tertiary alicyclic amines) is 1. The number of piperidine rings is 1. The smallest absolute Gasteiger partial charge is 0.390 e. The molecule has 0 amide bonds. The number of alkyl halides is 3. The summed E-state index contributed by atoms with van der Waals surface area (Å²) in [5.74, 6) is 1.43. The molecule has 27 heavy (non-hydrogen) atoms. The van der Waals surface area contributed by atoms with Gasteiger partial charge in [0.05, 0.1) is 19.6 Å². The Morgan fingerprint density at radius 3 is 2.37 bits per heavy atom. The number of methoxy groups -OCH3 is 1. The SMILES string of the molecule is COc1cc(C(C)NC2CCN(CCC(F)(F)F)CC2)ccc1OC(C)C. The van der Waals surface area contributed by atoms with Crippen molar-refractivity contribution in [2.24, 2.45) is 0 Å². The van der Waals surface area contributed by atoms with Crippen LogP contribution in [0.2, 0.25) is 0 Å². The molecule has 154 valence electrons. The standard InChI is InChI=1S/C20H31F3N2O2/c1-14(2)27-18-6-5-16(13-19(18)26-4)15(3)24-17-7-10-25(11-8-17)12-9-20(21,22)23/h5-6,13-15,17,24H,7-12H2,1-4H3. The van der Waals surface area contributed by atoms with Crippen molar-refractivity contribution < 1.29 is 22.6 Å². The zero-order chi connectivity index (χ0) is 20.0. The number of hydrogen-bond acceptors (Lipinski definition) is 4. The maximum absolute atomic E-state index is 12.3. The summed E-state index contributed by atoms with van der Waals surface area (Å²) in [4.78, 5) is 1.90. The van der Waals surface area contributed by atoms with Gasteiger partial charge in [0.1, 0.15) is 0 Å². The number of benzene rings is 1. The van der Waals surface area contributed by atoms with Crippen molar-refractivity contribution in [3.05, 3.63) is 23.8 Å². The predicted molar refractivity (Wildman–Crippen MR) is 100 cm³/mol. The number of nitrogens with one attached hydrogen (secondary N) is 1. The molecule has 1 N–H and O–H groups in total. The first-order valence-electron chi connectivity index (χ1n) is 9.57. The van der Waals surface area contributed by atoms with Crippen LogP contribution >= 0.6 is 0 Å². The number of rotatable bonds is 8. The summed E-state index contributed by atoms with van der Waals surface area (Å²) in [5.41, 5.74) is 1.10. The van der Waals surface area contributed by atoms with Gasteiger partial charge in [0.25, 0.3) is 0 Å². The van der Waals surface area contributed by atoms with E-state index in [1.807, 2.05) is 36.9 Å². The third-order valence-corrected chi connectivity index (χ3v) is 4.84. The average Bonchev–Trinajstić information content (AvgIpc) is 2.60. The second-order valence-corrected chi connectivity index (χ2v) is 7.45. The van der Waals surface area contributed by atoms with Gasteiger partial charge in [-0.1, -0.05) is 6.07 Å². The van der Waals surface area contributed by atoms with Gasteiger partial charge in [-0.25, -0.2) is 0 Å². The summed E-state index contributed by atoms with van der Waals surface area (Å²) in [6.45, 7) is 7.53. The third-order valence-electron chi connectivity index (χ3n) is 4.84. The van der Waals surface area contributed by atoms with Crippen LogP contribution in [0.25, 0.3) is 0 Å². The van der Waals surface area contributed by atoms with E-state index < -0.39 is 12.6 Å². The Bertz CT molecular complexity index is 585. The molecule has 1 aromatic carbocycles. The summed E-state index contributed by atoms with van der Waals surface area (Å²) >= 11 is 0. The van der Waals surface area contributed by atoms with Crippen LogP contribution in [0.5, 0.6) is 11.5 Å². The van der Waals surface area contributed by atoms with Crippen LogP contribution in [-0.2, 0) is 0 Å². The molecule has 1 aliphatic heterocycles. The fraction of sp³-hybridized carbons (Fsp3) is 0.700. The maximum Gasteiger partial charge on any atom is 0.390 e. The molecule has 0 aromatic heterocycles. The van der Waals surface area contributed by atoms with Crippen LogP contribution in [0.3, 0.4) is 0 Å². The first-order valence-corrected chi connectivity index (χ1v) is 9.57. The summed E-state index contributed by atoms with van der Waals surface area (Å²) in [5, 5.41) is 3.59. The summed E-state index contributed by atoms with van der Waals surface area (Å²) in [6.07, 6.45) is -3.02. The largest absolute Gasteiger partial charge is 0.493 e. The second-order valence-electron chi connectivity index (χ2n) is 7.45. The van der Waals surface area contributed by atoms with E-state index in [9.17, 15) is 13.2 Å². The van der Waals surface area contributed by atoms with Crippen molar-refractivity contribution >= 4 is 0 Å². The molecule has 0 spiro atoms. The molecule has 7 heteroatoms. The van der Waals surface area contributed by atoms with E-state index in [2.05, 4.69) is 12.2 Å². The molecule has 4 nitrogen and oxygen atoms in total. The molecule has 1 aromatic rings. The van der Waals surface area contributed by atoms with E-state index in [1.165, 1.54) is 0 Å². The van der Waals surface area contributed by atoms with Gasteiger partial charge < -0.3 is 19.7 Å². The Labute approximate surface area is 160 Å². The Morgan fingerprint density at radius 2 is 1.81 bits per heavy atom. The van der Waals surface area contributed by atoms with Crippen molar-refractivity contribution in [3.8, 4) is 11.5 Å². The lowest BCUT2D eigenvalue weighted by Gasteiger charge is -2.34. The van der Waals surface area contributed by atoms with Gasteiger partial charge in [-0.15, -0.1) is 0 Å². The predicted octanol–water partition coefficient (Wildman–Crippen LogP) is 4.55. The average molecular weight is 388 g/mol. The van der Waals surface area contributed by atoms with Crippen LogP contribution in [0, 0.1) is 0 Å². The van der Waals surface area contributed by atoms with Crippen LogP contribution in [-0.4, -0.2) is 50.0 Å². The van der Waals surface area contributed by atoms with Crippen LogP contribution in [0.4, 0.5) is 13.2 Å². The maximum atomic E-state index is 12.3. The molecule has 1 atom stereocenters. The van der Waals surface area contributed by atoms with Gasteiger partial charge in [0.15, 0.2) is 11.5 Å². The minimum atomic E-state index is -4.08. The van der Waals surface area contributed by atoms with Gasteiger partial charge in [-0.2, -0.15) is 13.2 Å². The van der Waals surface area contributed by atoms with Crippen molar-refractivity contribution in [1.82, 2.24) is 10.2 Å². The Balaban J connectivity index is 1.86. The minimum absolute atomic E-state index is 0.0721. The summed E-state index contributed by atoms with van der Waals surface area (Å²) in [7, 11) is 1.63.